The van der Waals surface area contributed by atoms with Gasteiger partial charge in [-0.05, 0) is 30.7 Å². The van der Waals surface area contributed by atoms with Crippen LogP contribution < -0.4 is 20.3 Å². The van der Waals surface area contributed by atoms with Crippen molar-refractivity contribution in [3.63, 3.8) is 0 Å². The Kier molecular flexibility index (Phi) is 3.69. The smallest absolute Gasteiger partial charge is 0.261 e. The van der Waals surface area contributed by atoms with E-state index < -0.39 is 0 Å². The fourth-order valence-corrected chi connectivity index (χ4v) is 3.93. The minimum Gasteiger partial charge on any atom is -0.486 e. The van der Waals surface area contributed by atoms with E-state index in [0.717, 1.165) is 5.56 Å². The molecule has 0 atom stereocenters. The predicted molar refractivity (Wildman–Crippen MR) is 94.8 cm³/mol. The van der Waals surface area contributed by atoms with Gasteiger partial charge in [0.2, 0.25) is 0 Å². The lowest BCUT2D eigenvalue weighted by Crippen LogP contribution is -2.17. The summed E-state index contributed by atoms with van der Waals surface area (Å²) < 4.78 is 11.1. The van der Waals surface area contributed by atoms with Crippen molar-refractivity contribution < 1.29 is 14.3 Å². The van der Waals surface area contributed by atoms with Crippen molar-refractivity contribution >= 4 is 27.5 Å². The molecule has 2 N–H and O–H groups in total. The van der Waals surface area contributed by atoms with Crippen molar-refractivity contribution in [3.05, 3.63) is 39.0 Å². The van der Waals surface area contributed by atoms with E-state index in [-0.39, 0.29) is 11.5 Å². The first kappa shape index (κ1) is 15.6. The van der Waals surface area contributed by atoms with Gasteiger partial charge in [-0.25, -0.2) is 4.98 Å². The van der Waals surface area contributed by atoms with Gasteiger partial charge in [0.15, 0.2) is 11.5 Å². The van der Waals surface area contributed by atoms with Crippen LogP contribution in [0, 0.1) is 6.92 Å². The van der Waals surface area contributed by atoms with Crippen LogP contribution in [0.4, 0.5) is 0 Å². The number of aromatic amines is 1. The van der Waals surface area contributed by atoms with Crippen LogP contribution in [0.5, 0.6) is 11.5 Å². The van der Waals surface area contributed by atoms with Crippen molar-refractivity contribution in [2.75, 3.05) is 20.3 Å². The summed E-state index contributed by atoms with van der Waals surface area (Å²) >= 11 is 1.21. The molecule has 128 valence electrons. The Morgan fingerprint density at radius 3 is 2.80 bits per heavy atom. The summed E-state index contributed by atoms with van der Waals surface area (Å²) in [6, 6.07) is 5.40. The SMILES string of the molecule is CNC(=O)c1sc2nc(-c3ccc4c(c3)OCCO4)[nH]c(=O)c2c1C. The molecule has 7 nitrogen and oxygen atoms in total. The summed E-state index contributed by atoms with van der Waals surface area (Å²) in [5.41, 5.74) is 1.09. The molecule has 1 amide bonds. The quantitative estimate of drug-likeness (QED) is 0.732. The number of nitrogens with one attached hydrogen (secondary N) is 2. The topological polar surface area (TPSA) is 93.3 Å². The van der Waals surface area contributed by atoms with E-state index in [0.29, 0.717) is 51.2 Å². The third kappa shape index (κ3) is 2.54. The van der Waals surface area contributed by atoms with Crippen LogP contribution >= 0.6 is 11.3 Å². The maximum atomic E-state index is 12.5. The molecule has 8 heteroatoms. The molecule has 1 aromatic carbocycles. The highest BCUT2D eigenvalue weighted by atomic mass is 32.1. The number of ether oxygens (including phenoxy) is 2. The van der Waals surface area contributed by atoms with Crippen LogP contribution in [0.3, 0.4) is 0 Å². The molecule has 0 radical (unpaired) electrons. The molecule has 0 unspecified atom stereocenters. The number of carbonyl (C=O) groups excluding carboxylic acids is 1. The maximum Gasteiger partial charge on any atom is 0.261 e. The summed E-state index contributed by atoms with van der Waals surface area (Å²) in [6.45, 7) is 2.76. The van der Waals surface area contributed by atoms with Gasteiger partial charge in [-0.15, -0.1) is 11.3 Å². The van der Waals surface area contributed by atoms with E-state index in [1.54, 1.807) is 26.1 Å². The number of aromatic nitrogens is 2. The van der Waals surface area contributed by atoms with Gasteiger partial charge < -0.3 is 19.8 Å². The minimum atomic E-state index is -0.265. The number of nitrogens with zero attached hydrogens (tertiary/aromatic N) is 1. The summed E-state index contributed by atoms with van der Waals surface area (Å²) in [5.74, 6) is 1.51. The Bertz CT molecular complexity index is 1050. The normalized spacial score (nSPS) is 13.0. The highest BCUT2D eigenvalue weighted by molar-refractivity contribution is 7.20. The standard InChI is InChI=1S/C17H15N3O4S/c1-8-12-15(21)19-14(20-17(12)25-13(8)16(22)18-2)9-3-4-10-11(7-9)24-6-5-23-10/h3-4,7H,5-6H2,1-2H3,(H,18,22)(H,19,20,21). The number of rotatable bonds is 2. The molecule has 4 rings (SSSR count). The third-order valence-corrected chi connectivity index (χ3v) is 5.23. The number of H-pyrrole nitrogens is 1. The van der Waals surface area contributed by atoms with Gasteiger partial charge in [0.05, 0.1) is 10.3 Å². The average Bonchev–Trinajstić information content (AvgIpc) is 2.97. The first-order chi connectivity index (χ1) is 12.1. The number of benzene rings is 1. The van der Waals surface area contributed by atoms with E-state index in [1.807, 2.05) is 6.07 Å². The molecular formula is C17H15N3O4S. The number of amides is 1. The fraction of sp³-hybridized carbons (Fsp3) is 0.235. The molecule has 0 aliphatic carbocycles. The molecule has 3 aromatic rings. The second-order valence-electron chi connectivity index (χ2n) is 5.59. The molecule has 3 heterocycles. The molecule has 0 spiro atoms. The van der Waals surface area contributed by atoms with E-state index >= 15 is 0 Å². The van der Waals surface area contributed by atoms with E-state index in [1.165, 1.54) is 11.3 Å². The van der Waals surface area contributed by atoms with Gasteiger partial charge in [-0.3, -0.25) is 9.59 Å². The van der Waals surface area contributed by atoms with Crippen LogP contribution in [0.2, 0.25) is 0 Å². The second kappa shape index (κ2) is 5.89. The Morgan fingerprint density at radius 1 is 1.28 bits per heavy atom. The van der Waals surface area contributed by atoms with Crippen molar-refractivity contribution in [1.29, 1.82) is 0 Å². The van der Waals surface area contributed by atoms with Gasteiger partial charge in [0.25, 0.3) is 11.5 Å². The summed E-state index contributed by atoms with van der Waals surface area (Å²) in [7, 11) is 1.56. The number of carbonyl (C=O) groups is 1. The second-order valence-corrected chi connectivity index (χ2v) is 6.59. The van der Waals surface area contributed by atoms with Gasteiger partial charge in [0.1, 0.15) is 23.9 Å². The molecule has 0 saturated heterocycles. The zero-order valence-corrected chi connectivity index (χ0v) is 14.5. The molecule has 0 fully saturated rings. The minimum absolute atomic E-state index is 0.222. The third-order valence-electron chi connectivity index (χ3n) is 4.05. The molecule has 0 bridgehead atoms. The Balaban J connectivity index is 1.86. The highest BCUT2D eigenvalue weighted by Gasteiger charge is 2.19. The fourth-order valence-electron chi connectivity index (χ4n) is 2.80. The highest BCUT2D eigenvalue weighted by Crippen LogP contribution is 2.34. The summed E-state index contributed by atoms with van der Waals surface area (Å²) in [5, 5.41) is 3.03. The van der Waals surface area contributed by atoms with Crippen LogP contribution in [-0.4, -0.2) is 36.1 Å². The first-order valence-electron chi connectivity index (χ1n) is 7.74. The van der Waals surface area contributed by atoms with Crippen molar-refractivity contribution in [2.45, 2.75) is 6.92 Å². The van der Waals surface area contributed by atoms with E-state index in [2.05, 4.69) is 15.3 Å². The number of hydrogen-bond donors (Lipinski definition) is 2. The lowest BCUT2D eigenvalue weighted by molar-refractivity contribution is 0.0966. The largest absolute Gasteiger partial charge is 0.486 e. The zero-order valence-electron chi connectivity index (χ0n) is 13.6. The maximum absolute atomic E-state index is 12.5. The first-order valence-corrected chi connectivity index (χ1v) is 8.55. The molecule has 25 heavy (non-hydrogen) atoms. The Hall–Kier alpha value is -2.87. The predicted octanol–water partition coefficient (Wildman–Crippen LogP) is 2.09. The summed E-state index contributed by atoms with van der Waals surface area (Å²) in [6.07, 6.45) is 0. The number of aryl methyl sites for hydroxylation is 1. The lowest BCUT2D eigenvalue weighted by Gasteiger charge is -2.18. The Morgan fingerprint density at radius 2 is 2.04 bits per heavy atom. The molecule has 1 aliphatic heterocycles. The van der Waals surface area contributed by atoms with Crippen molar-refractivity contribution in [1.82, 2.24) is 15.3 Å². The van der Waals surface area contributed by atoms with Gasteiger partial charge in [-0.1, -0.05) is 0 Å². The molecule has 0 saturated carbocycles. The lowest BCUT2D eigenvalue weighted by atomic mass is 10.1. The summed E-state index contributed by atoms with van der Waals surface area (Å²) in [4.78, 5) is 32.9. The number of thiophene rings is 1. The van der Waals surface area contributed by atoms with Gasteiger partial charge in [0, 0.05) is 12.6 Å². The zero-order chi connectivity index (χ0) is 17.6. The Labute approximate surface area is 146 Å². The van der Waals surface area contributed by atoms with E-state index in [9.17, 15) is 9.59 Å². The average molecular weight is 357 g/mol. The molecule has 2 aromatic heterocycles. The van der Waals surface area contributed by atoms with Crippen molar-refractivity contribution in [3.8, 4) is 22.9 Å². The number of hydrogen-bond acceptors (Lipinski definition) is 6. The van der Waals surface area contributed by atoms with Gasteiger partial charge >= 0.3 is 0 Å². The van der Waals surface area contributed by atoms with E-state index in [4.69, 9.17) is 9.47 Å². The molecular weight excluding hydrogens is 342 g/mol. The monoisotopic (exact) mass is 357 g/mol. The van der Waals surface area contributed by atoms with Crippen LogP contribution in [0.1, 0.15) is 15.2 Å². The van der Waals surface area contributed by atoms with Gasteiger partial charge in [-0.2, -0.15) is 0 Å². The van der Waals surface area contributed by atoms with Crippen LogP contribution in [0.15, 0.2) is 23.0 Å². The van der Waals surface area contributed by atoms with Crippen LogP contribution in [0.25, 0.3) is 21.6 Å². The van der Waals surface area contributed by atoms with Crippen molar-refractivity contribution in [2.24, 2.45) is 0 Å². The molecule has 1 aliphatic rings. The number of fused-ring (bicyclic) bond motifs is 2. The van der Waals surface area contributed by atoms with Crippen LogP contribution in [-0.2, 0) is 0 Å².